The van der Waals surface area contributed by atoms with Crippen molar-refractivity contribution in [1.82, 2.24) is 4.90 Å². The summed E-state index contributed by atoms with van der Waals surface area (Å²) in [4.78, 5) is 2.30. The maximum Gasteiger partial charge on any atom is 0.123 e. The summed E-state index contributed by atoms with van der Waals surface area (Å²) in [6, 6.07) is 6.40. The molecule has 18 heavy (non-hydrogen) atoms. The smallest absolute Gasteiger partial charge is 0.123 e. The number of benzene rings is 1. The molecule has 0 radical (unpaired) electrons. The van der Waals surface area contributed by atoms with Gasteiger partial charge in [-0.05, 0) is 24.1 Å². The second-order valence-corrected chi connectivity index (χ2v) is 4.82. The van der Waals surface area contributed by atoms with Gasteiger partial charge < -0.3 is 10.5 Å². The molecule has 0 bridgehead atoms. The summed E-state index contributed by atoms with van der Waals surface area (Å²) in [5, 5.41) is 0. The fourth-order valence-corrected chi connectivity index (χ4v) is 2.31. The van der Waals surface area contributed by atoms with Gasteiger partial charge >= 0.3 is 0 Å². The Morgan fingerprint density at radius 1 is 1.56 bits per heavy atom. The highest BCUT2D eigenvalue weighted by molar-refractivity contribution is 5.20. The highest BCUT2D eigenvalue weighted by Gasteiger charge is 2.21. The second-order valence-electron chi connectivity index (χ2n) is 4.82. The summed E-state index contributed by atoms with van der Waals surface area (Å²) >= 11 is 0. The summed E-state index contributed by atoms with van der Waals surface area (Å²) in [5.41, 5.74) is 6.99. The lowest BCUT2D eigenvalue weighted by Crippen LogP contribution is -2.44. The fraction of sp³-hybridized carbons (Fsp3) is 0.571. The summed E-state index contributed by atoms with van der Waals surface area (Å²) in [6.07, 6.45) is 1.32. The van der Waals surface area contributed by atoms with Crippen molar-refractivity contribution in [3.63, 3.8) is 0 Å². The van der Waals surface area contributed by atoms with E-state index < -0.39 is 0 Å². The Kier molecular flexibility index (Phi) is 4.69. The molecule has 2 unspecified atom stereocenters. The van der Waals surface area contributed by atoms with E-state index in [1.54, 1.807) is 6.07 Å². The summed E-state index contributed by atoms with van der Waals surface area (Å²) in [7, 11) is 0. The second kappa shape index (κ2) is 6.27. The van der Waals surface area contributed by atoms with Crippen molar-refractivity contribution in [3.8, 4) is 0 Å². The van der Waals surface area contributed by atoms with E-state index in [1.165, 1.54) is 12.1 Å². The van der Waals surface area contributed by atoms with Crippen molar-refractivity contribution in [2.75, 3.05) is 26.2 Å². The quantitative estimate of drug-likeness (QED) is 0.890. The lowest BCUT2D eigenvalue weighted by molar-refractivity contribution is -0.0312. The molecule has 1 aliphatic heterocycles. The molecule has 0 aliphatic carbocycles. The van der Waals surface area contributed by atoms with Gasteiger partial charge in [0.2, 0.25) is 0 Å². The highest BCUT2D eigenvalue weighted by Crippen LogP contribution is 2.16. The van der Waals surface area contributed by atoms with Gasteiger partial charge in [0.05, 0.1) is 12.7 Å². The lowest BCUT2D eigenvalue weighted by atomic mass is 10.1. The third kappa shape index (κ3) is 3.51. The van der Waals surface area contributed by atoms with Crippen molar-refractivity contribution >= 4 is 0 Å². The molecule has 0 saturated carbocycles. The molecule has 100 valence electrons. The highest BCUT2D eigenvalue weighted by atomic mass is 19.1. The minimum absolute atomic E-state index is 0.142. The maximum atomic E-state index is 13.1. The first-order valence-corrected chi connectivity index (χ1v) is 6.54. The van der Waals surface area contributed by atoms with Crippen LogP contribution in [0.25, 0.3) is 0 Å². The van der Waals surface area contributed by atoms with Crippen LogP contribution in [-0.4, -0.2) is 37.2 Å². The molecule has 0 aromatic heterocycles. The van der Waals surface area contributed by atoms with Gasteiger partial charge in [-0.15, -0.1) is 0 Å². The Hall–Kier alpha value is -0.970. The first-order valence-electron chi connectivity index (χ1n) is 6.54. The molecule has 4 heteroatoms. The Bertz CT molecular complexity index is 386. The monoisotopic (exact) mass is 252 g/mol. The van der Waals surface area contributed by atoms with Gasteiger partial charge in [0, 0.05) is 25.7 Å². The van der Waals surface area contributed by atoms with Crippen LogP contribution in [-0.2, 0) is 4.74 Å². The van der Waals surface area contributed by atoms with Crippen LogP contribution in [0.4, 0.5) is 4.39 Å². The standard InChI is InChI=1S/C14H21FN2O/c1-2-13-9-17(6-7-18-13)10-14(16)11-4-3-5-12(15)8-11/h3-5,8,13-14H,2,6-7,9-10,16H2,1H3. The number of ether oxygens (including phenoxy) is 1. The zero-order valence-corrected chi connectivity index (χ0v) is 10.8. The van der Waals surface area contributed by atoms with E-state index >= 15 is 0 Å². The number of nitrogens with zero attached hydrogens (tertiary/aromatic N) is 1. The molecule has 3 nitrogen and oxygen atoms in total. The number of rotatable bonds is 4. The Labute approximate surface area is 108 Å². The van der Waals surface area contributed by atoms with Crippen LogP contribution in [0, 0.1) is 5.82 Å². The molecule has 1 aromatic carbocycles. The van der Waals surface area contributed by atoms with Gasteiger partial charge in [-0.3, -0.25) is 4.90 Å². The molecule has 0 spiro atoms. The summed E-state index contributed by atoms with van der Waals surface area (Å²) in [5.74, 6) is -0.226. The zero-order valence-electron chi connectivity index (χ0n) is 10.8. The number of hydrogen-bond acceptors (Lipinski definition) is 3. The van der Waals surface area contributed by atoms with Gasteiger partial charge in [-0.1, -0.05) is 19.1 Å². The number of hydrogen-bond donors (Lipinski definition) is 1. The van der Waals surface area contributed by atoms with Crippen molar-refractivity contribution in [3.05, 3.63) is 35.6 Å². The molecule has 2 atom stereocenters. The van der Waals surface area contributed by atoms with Crippen LogP contribution in [0.1, 0.15) is 24.9 Å². The van der Waals surface area contributed by atoms with Gasteiger partial charge in [0.15, 0.2) is 0 Å². The average Bonchev–Trinajstić information content (AvgIpc) is 2.39. The van der Waals surface area contributed by atoms with Gasteiger partial charge in [-0.25, -0.2) is 4.39 Å². The van der Waals surface area contributed by atoms with E-state index in [2.05, 4.69) is 11.8 Å². The Balaban J connectivity index is 1.92. The molecule has 1 aromatic rings. The van der Waals surface area contributed by atoms with E-state index in [0.717, 1.165) is 38.2 Å². The van der Waals surface area contributed by atoms with Gasteiger partial charge in [-0.2, -0.15) is 0 Å². The first-order chi connectivity index (χ1) is 8.69. The van der Waals surface area contributed by atoms with Crippen LogP contribution in [0.5, 0.6) is 0 Å². The van der Waals surface area contributed by atoms with Crippen molar-refractivity contribution in [2.45, 2.75) is 25.5 Å². The molecule has 1 saturated heterocycles. The molecule has 2 rings (SSSR count). The number of halogens is 1. The van der Waals surface area contributed by atoms with Gasteiger partial charge in [0.25, 0.3) is 0 Å². The SMILES string of the molecule is CCC1CN(CC(N)c2cccc(F)c2)CCO1. The topological polar surface area (TPSA) is 38.5 Å². The molecular weight excluding hydrogens is 231 g/mol. The number of morpholine rings is 1. The molecule has 1 fully saturated rings. The van der Waals surface area contributed by atoms with E-state index in [9.17, 15) is 4.39 Å². The van der Waals surface area contributed by atoms with Crippen LogP contribution < -0.4 is 5.73 Å². The minimum atomic E-state index is -0.226. The first kappa shape index (κ1) is 13.5. The fourth-order valence-electron chi connectivity index (χ4n) is 2.31. The van der Waals surface area contributed by atoms with E-state index in [0.29, 0.717) is 6.10 Å². The lowest BCUT2D eigenvalue weighted by Gasteiger charge is -2.34. The van der Waals surface area contributed by atoms with Crippen LogP contribution in [0.3, 0.4) is 0 Å². The summed E-state index contributed by atoms with van der Waals surface area (Å²) in [6.45, 7) is 5.46. The van der Waals surface area contributed by atoms with Crippen LogP contribution >= 0.6 is 0 Å². The van der Waals surface area contributed by atoms with Crippen molar-refractivity contribution < 1.29 is 9.13 Å². The molecule has 0 amide bonds. The molecular formula is C14H21FN2O. The van der Waals surface area contributed by atoms with E-state index in [4.69, 9.17) is 10.5 Å². The van der Waals surface area contributed by atoms with Crippen LogP contribution in [0.15, 0.2) is 24.3 Å². The predicted molar refractivity (Wildman–Crippen MR) is 69.8 cm³/mol. The van der Waals surface area contributed by atoms with Crippen LogP contribution in [0.2, 0.25) is 0 Å². The molecule has 2 N–H and O–H groups in total. The van der Waals surface area contributed by atoms with Gasteiger partial charge in [0.1, 0.15) is 5.82 Å². The minimum Gasteiger partial charge on any atom is -0.376 e. The largest absolute Gasteiger partial charge is 0.376 e. The Morgan fingerprint density at radius 3 is 3.11 bits per heavy atom. The number of nitrogens with two attached hydrogens (primary N) is 1. The zero-order chi connectivity index (χ0) is 13.0. The normalized spacial score (nSPS) is 22.9. The van der Waals surface area contributed by atoms with Crippen molar-refractivity contribution in [1.29, 1.82) is 0 Å². The van der Waals surface area contributed by atoms with E-state index in [-0.39, 0.29) is 11.9 Å². The predicted octanol–water partition coefficient (Wildman–Crippen LogP) is 1.94. The average molecular weight is 252 g/mol. The summed E-state index contributed by atoms with van der Waals surface area (Å²) < 4.78 is 18.8. The van der Waals surface area contributed by atoms with Crippen molar-refractivity contribution in [2.24, 2.45) is 5.73 Å². The third-order valence-electron chi connectivity index (χ3n) is 3.41. The third-order valence-corrected chi connectivity index (χ3v) is 3.41. The van der Waals surface area contributed by atoms with E-state index in [1.807, 2.05) is 6.07 Å². The maximum absolute atomic E-state index is 13.1. The molecule has 1 aliphatic rings. The Morgan fingerprint density at radius 2 is 2.39 bits per heavy atom. The molecule has 1 heterocycles.